The molecule has 6 heteroatoms. The number of aromatic amines is 1. The number of nitrogens with zero attached hydrogens (tertiary/aromatic N) is 3. The molecule has 0 spiro atoms. The van der Waals surface area contributed by atoms with Crippen molar-refractivity contribution in [3.63, 3.8) is 0 Å². The molecule has 0 saturated heterocycles. The van der Waals surface area contributed by atoms with E-state index in [2.05, 4.69) is 33.3 Å². The molecule has 3 heterocycles. The van der Waals surface area contributed by atoms with Crippen molar-refractivity contribution in [3.05, 3.63) is 46.9 Å². The summed E-state index contributed by atoms with van der Waals surface area (Å²) in [6.45, 7) is 2.17. The molecule has 25 heavy (non-hydrogen) atoms. The molecular weight excluding hydrogens is 330 g/mol. The third-order valence-electron chi connectivity index (χ3n) is 4.96. The van der Waals surface area contributed by atoms with Crippen molar-refractivity contribution in [1.82, 2.24) is 19.9 Å². The molecule has 1 atom stereocenters. The third kappa shape index (κ3) is 2.40. The molecule has 1 aliphatic rings. The van der Waals surface area contributed by atoms with Crippen molar-refractivity contribution in [2.24, 2.45) is 0 Å². The third-order valence-corrected chi connectivity index (χ3v) is 6.16. The summed E-state index contributed by atoms with van der Waals surface area (Å²) < 4.78 is 0. The van der Waals surface area contributed by atoms with Gasteiger partial charge in [0.05, 0.1) is 22.5 Å². The van der Waals surface area contributed by atoms with Crippen LogP contribution in [-0.2, 0) is 12.8 Å². The van der Waals surface area contributed by atoms with Crippen LogP contribution < -0.4 is 5.32 Å². The molecule has 0 bridgehead atoms. The van der Waals surface area contributed by atoms with Crippen LogP contribution in [-0.4, -0.2) is 19.9 Å². The molecule has 2 N–H and O–H groups in total. The number of H-pyrrole nitrogens is 1. The van der Waals surface area contributed by atoms with E-state index in [0.29, 0.717) is 0 Å². The zero-order chi connectivity index (χ0) is 16.8. The van der Waals surface area contributed by atoms with Crippen LogP contribution in [0.3, 0.4) is 0 Å². The summed E-state index contributed by atoms with van der Waals surface area (Å²) in [6, 6.07) is 8.25. The number of anilines is 1. The topological polar surface area (TPSA) is 66.5 Å². The number of fused-ring (bicyclic) bond motifs is 4. The number of imidazole rings is 1. The highest BCUT2D eigenvalue weighted by Gasteiger charge is 2.23. The molecule has 1 aliphatic carbocycles. The number of hydrogen-bond donors (Lipinski definition) is 2. The van der Waals surface area contributed by atoms with E-state index in [-0.39, 0.29) is 6.04 Å². The minimum absolute atomic E-state index is 0.0995. The first kappa shape index (κ1) is 14.8. The maximum absolute atomic E-state index is 4.76. The first-order valence-electron chi connectivity index (χ1n) is 8.80. The number of rotatable bonds is 4. The maximum atomic E-state index is 4.76. The van der Waals surface area contributed by atoms with E-state index in [0.717, 1.165) is 40.3 Å². The zero-order valence-electron chi connectivity index (χ0n) is 14.0. The summed E-state index contributed by atoms with van der Waals surface area (Å²) in [5.41, 5.74) is 3.52. The van der Waals surface area contributed by atoms with Gasteiger partial charge in [-0.1, -0.05) is 19.1 Å². The largest absolute Gasteiger partial charge is 0.359 e. The maximum Gasteiger partial charge on any atom is 0.139 e. The number of hydrogen-bond acceptors (Lipinski definition) is 5. The second kappa shape index (κ2) is 5.81. The highest BCUT2D eigenvalue weighted by Crippen LogP contribution is 2.39. The minimum Gasteiger partial charge on any atom is -0.359 e. The van der Waals surface area contributed by atoms with E-state index in [1.54, 1.807) is 6.33 Å². The number of para-hydroxylation sites is 2. The lowest BCUT2D eigenvalue weighted by atomic mass is 10.1. The van der Waals surface area contributed by atoms with Gasteiger partial charge in [-0.25, -0.2) is 15.0 Å². The van der Waals surface area contributed by atoms with E-state index in [9.17, 15) is 0 Å². The second-order valence-electron chi connectivity index (χ2n) is 6.50. The minimum atomic E-state index is 0.0995. The summed E-state index contributed by atoms with van der Waals surface area (Å²) in [4.78, 5) is 19.8. The van der Waals surface area contributed by atoms with Gasteiger partial charge in [-0.05, 0) is 43.4 Å². The molecule has 0 aliphatic heterocycles. The molecule has 4 aromatic rings. The Morgan fingerprint density at radius 2 is 2.16 bits per heavy atom. The van der Waals surface area contributed by atoms with Crippen LogP contribution in [0.1, 0.15) is 42.1 Å². The van der Waals surface area contributed by atoms with Crippen LogP contribution >= 0.6 is 11.3 Å². The Labute approximate surface area is 149 Å². The van der Waals surface area contributed by atoms with Gasteiger partial charge < -0.3 is 10.3 Å². The molecule has 0 fully saturated rings. The quantitative estimate of drug-likeness (QED) is 0.564. The summed E-state index contributed by atoms with van der Waals surface area (Å²) in [5, 5.41) is 4.84. The van der Waals surface area contributed by atoms with Crippen molar-refractivity contribution in [3.8, 4) is 0 Å². The molecule has 0 amide bonds. The predicted molar refractivity (Wildman–Crippen MR) is 102 cm³/mol. The Morgan fingerprint density at radius 1 is 1.24 bits per heavy atom. The molecule has 3 aromatic heterocycles. The van der Waals surface area contributed by atoms with Crippen LogP contribution in [0.25, 0.3) is 21.3 Å². The first-order valence-corrected chi connectivity index (χ1v) is 9.61. The smallest absolute Gasteiger partial charge is 0.139 e. The van der Waals surface area contributed by atoms with Gasteiger partial charge >= 0.3 is 0 Å². The normalized spacial score (nSPS) is 14.9. The molecule has 0 radical (unpaired) electrons. The average Bonchev–Trinajstić information content (AvgIpc) is 3.32. The zero-order valence-corrected chi connectivity index (χ0v) is 14.9. The van der Waals surface area contributed by atoms with Gasteiger partial charge in [-0.3, -0.25) is 0 Å². The molecule has 0 saturated carbocycles. The Kier molecular flexibility index (Phi) is 3.45. The fourth-order valence-corrected chi connectivity index (χ4v) is 4.93. The number of aryl methyl sites for hydroxylation is 2. The van der Waals surface area contributed by atoms with Gasteiger partial charge in [0.15, 0.2) is 0 Å². The Hall–Kier alpha value is -2.47. The Balaban J connectivity index is 1.56. The van der Waals surface area contributed by atoms with E-state index >= 15 is 0 Å². The Morgan fingerprint density at radius 3 is 3.04 bits per heavy atom. The number of benzene rings is 1. The number of thiophene rings is 1. The van der Waals surface area contributed by atoms with Gasteiger partial charge in [0.1, 0.15) is 22.8 Å². The van der Waals surface area contributed by atoms with E-state index in [1.807, 2.05) is 29.5 Å². The van der Waals surface area contributed by atoms with Crippen molar-refractivity contribution >= 4 is 38.4 Å². The predicted octanol–water partition coefficient (Wildman–Crippen LogP) is 4.62. The molecular formula is C19H19N5S. The van der Waals surface area contributed by atoms with Crippen LogP contribution in [0.2, 0.25) is 0 Å². The van der Waals surface area contributed by atoms with E-state index in [4.69, 9.17) is 4.98 Å². The number of aromatic nitrogens is 4. The molecule has 5 rings (SSSR count). The molecule has 126 valence electrons. The van der Waals surface area contributed by atoms with Gasteiger partial charge in [0.2, 0.25) is 0 Å². The van der Waals surface area contributed by atoms with Crippen LogP contribution in [0.15, 0.2) is 30.6 Å². The average molecular weight is 349 g/mol. The molecule has 1 unspecified atom stereocenters. The molecule has 5 nitrogen and oxygen atoms in total. The van der Waals surface area contributed by atoms with Gasteiger partial charge in [-0.2, -0.15) is 0 Å². The van der Waals surface area contributed by atoms with E-state index in [1.165, 1.54) is 28.7 Å². The lowest BCUT2D eigenvalue weighted by molar-refractivity contribution is 0.704. The first-order chi connectivity index (χ1) is 12.3. The highest BCUT2D eigenvalue weighted by molar-refractivity contribution is 7.19. The van der Waals surface area contributed by atoms with E-state index < -0.39 is 0 Å². The van der Waals surface area contributed by atoms with Crippen LogP contribution in [0, 0.1) is 0 Å². The standard InChI is InChI=1S/C19H19N5S/c1-2-12(17-23-13-7-3-4-8-14(13)24-17)22-18-16-11-6-5-9-15(11)25-19(16)21-10-20-18/h3-4,7-8,10,12H,2,5-6,9H2,1H3,(H,23,24)(H,20,21,22). The molecule has 1 aromatic carbocycles. The summed E-state index contributed by atoms with van der Waals surface area (Å²) in [7, 11) is 0. The highest BCUT2D eigenvalue weighted by atomic mass is 32.1. The van der Waals surface area contributed by atoms with Gasteiger partial charge in [0, 0.05) is 4.88 Å². The summed E-state index contributed by atoms with van der Waals surface area (Å²) in [5.74, 6) is 1.90. The van der Waals surface area contributed by atoms with Crippen molar-refractivity contribution < 1.29 is 0 Å². The lowest BCUT2D eigenvalue weighted by Gasteiger charge is -2.16. The van der Waals surface area contributed by atoms with Crippen molar-refractivity contribution in [2.45, 2.75) is 38.6 Å². The van der Waals surface area contributed by atoms with Crippen LogP contribution in [0.4, 0.5) is 5.82 Å². The second-order valence-corrected chi connectivity index (χ2v) is 7.59. The van der Waals surface area contributed by atoms with Gasteiger partial charge in [0.25, 0.3) is 0 Å². The van der Waals surface area contributed by atoms with Gasteiger partial charge in [-0.15, -0.1) is 11.3 Å². The Bertz CT molecular complexity index is 1030. The van der Waals surface area contributed by atoms with Crippen molar-refractivity contribution in [1.29, 1.82) is 0 Å². The summed E-state index contributed by atoms with van der Waals surface area (Å²) in [6.07, 6.45) is 6.15. The fraction of sp³-hybridized carbons (Fsp3) is 0.316. The van der Waals surface area contributed by atoms with Crippen molar-refractivity contribution in [2.75, 3.05) is 5.32 Å². The fourth-order valence-electron chi connectivity index (χ4n) is 3.70. The number of nitrogens with one attached hydrogen (secondary N) is 2. The van der Waals surface area contributed by atoms with Crippen LogP contribution in [0.5, 0.6) is 0 Å². The monoisotopic (exact) mass is 349 g/mol. The summed E-state index contributed by atoms with van der Waals surface area (Å²) >= 11 is 1.82. The lowest BCUT2D eigenvalue weighted by Crippen LogP contribution is -2.13. The SMILES string of the molecule is CCC(Nc1ncnc2sc3c(c12)CCC3)c1nc2ccccc2[nH]1.